The first-order chi connectivity index (χ1) is 16.9. The van der Waals surface area contributed by atoms with Crippen molar-refractivity contribution in [1.82, 2.24) is 10.2 Å². The Morgan fingerprint density at radius 2 is 1.83 bits per heavy atom. The van der Waals surface area contributed by atoms with Gasteiger partial charge in [-0.3, -0.25) is 9.69 Å². The fourth-order valence-electron chi connectivity index (χ4n) is 4.84. The number of hydrogen-bond donors (Lipinski definition) is 1. The second-order valence-electron chi connectivity index (χ2n) is 10.1. The van der Waals surface area contributed by atoms with E-state index in [-0.39, 0.29) is 11.9 Å². The molecule has 0 fully saturated rings. The highest BCUT2D eigenvalue weighted by Crippen LogP contribution is 2.38. The second kappa shape index (κ2) is 11.5. The number of rotatable bonds is 9. The lowest BCUT2D eigenvalue weighted by molar-refractivity contribution is -0.127. The summed E-state index contributed by atoms with van der Waals surface area (Å²) in [7, 11) is 0. The quantitative estimate of drug-likeness (QED) is 0.413. The largest absolute Gasteiger partial charge is 0.481 e. The van der Waals surface area contributed by atoms with E-state index in [0.717, 1.165) is 31.7 Å². The Labute approximate surface area is 210 Å². The molecule has 3 aromatic rings. The number of carbonyl (C=O) groups is 1. The van der Waals surface area contributed by atoms with Crippen LogP contribution in [-0.4, -0.2) is 30.0 Å². The second-order valence-corrected chi connectivity index (χ2v) is 10.1. The van der Waals surface area contributed by atoms with Crippen molar-refractivity contribution >= 4 is 5.91 Å². The van der Waals surface area contributed by atoms with Crippen molar-refractivity contribution < 1.29 is 9.53 Å². The van der Waals surface area contributed by atoms with Gasteiger partial charge < -0.3 is 10.1 Å². The fourth-order valence-corrected chi connectivity index (χ4v) is 4.84. The predicted molar refractivity (Wildman–Crippen MR) is 143 cm³/mol. The van der Waals surface area contributed by atoms with Crippen LogP contribution >= 0.6 is 0 Å². The summed E-state index contributed by atoms with van der Waals surface area (Å²) in [6.45, 7) is 10.8. The van der Waals surface area contributed by atoms with Crippen LogP contribution in [0.5, 0.6) is 5.75 Å². The molecule has 0 saturated carbocycles. The van der Waals surface area contributed by atoms with E-state index in [1.807, 2.05) is 13.0 Å². The first-order valence-corrected chi connectivity index (χ1v) is 12.8. The van der Waals surface area contributed by atoms with Gasteiger partial charge in [0, 0.05) is 19.6 Å². The van der Waals surface area contributed by atoms with Crippen molar-refractivity contribution in [1.29, 1.82) is 0 Å². The van der Waals surface area contributed by atoms with Gasteiger partial charge >= 0.3 is 0 Å². The van der Waals surface area contributed by atoms with Gasteiger partial charge in [-0.05, 0) is 67.0 Å². The van der Waals surface area contributed by atoms with Crippen LogP contribution in [-0.2, 0) is 17.8 Å². The lowest BCUT2D eigenvalue weighted by Gasteiger charge is -2.38. The molecule has 1 heterocycles. The van der Waals surface area contributed by atoms with Crippen LogP contribution < -0.4 is 10.1 Å². The van der Waals surface area contributed by atoms with Crippen LogP contribution in [0.1, 0.15) is 61.1 Å². The summed E-state index contributed by atoms with van der Waals surface area (Å²) >= 11 is 0. The summed E-state index contributed by atoms with van der Waals surface area (Å²) in [5.41, 5.74) is 6.50. The molecule has 2 atom stereocenters. The predicted octanol–water partition coefficient (Wildman–Crippen LogP) is 6.07. The number of benzene rings is 3. The molecule has 0 aliphatic carbocycles. The van der Waals surface area contributed by atoms with Crippen molar-refractivity contribution in [3.8, 4) is 5.75 Å². The number of hydrogen-bond acceptors (Lipinski definition) is 3. The van der Waals surface area contributed by atoms with E-state index >= 15 is 0 Å². The summed E-state index contributed by atoms with van der Waals surface area (Å²) in [6.07, 6.45) is 1.42. The maximum absolute atomic E-state index is 12.5. The average Bonchev–Trinajstić information content (AvgIpc) is 2.84. The van der Waals surface area contributed by atoms with E-state index in [0.29, 0.717) is 12.5 Å². The highest BCUT2D eigenvalue weighted by molar-refractivity contribution is 5.80. The Kier molecular flexibility index (Phi) is 8.25. The van der Waals surface area contributed by atoms with Gasteiger partial charge in [0.25, 0.3) is 5.91 Å². The van der Waals surface area contributed by atoms with Crippen molar-refractivity contribution in [3.05, 3.63) is 101 Å². The van der Waals surface area contributed by atoms with Gasteiger partial charge in [-0.1, -0.05) is 80.1 Å². The number of nitrogens with one attached hydrogen (secondary N) is 1. The number of fused-ring (bicyclic) bond motifs is 1. The van der Waals surface area contributed by atoms with E-state index < -0.39 is 6.10 Å². The maximum atomic E-state index is 12.5. The van der Waals surface area contributed by atoms with E-state index in [4.69, 9.17) is 4.74 Å². The van der Waals surface area contributed by atoms with E-state index in [1.165, 1.54) is 27.8 Å². The van der Waals surface area contributed by atoms with Gasteiger partial charge in [0.05, 0.1) is 6.04 Å². The van der Waals surface area contributed by atoms with E-state index in [9.17, 15) is 4.79 Å². The smallest absolute Gasteiger partial charge is 0.260 e. The van der Waals surface area contributed by atoms with E-state index in [2.05, 4.69) is 97.7 Å². The minimum atomic E-state index is -0.539. The monoisotopic (exact) mass is 470 g/mol. The van der Waals surface area contributed by atoms with Gasteiger partial charge in [0.15, 0.2) is 6.10 Å². The zero-order chi connectivity index (χ0) is 24.8. The highest BCUT2D eigenvalue weighted by atomic mass is 16.5. The van der Waals surface area contributed by atoms with Crippen molar-refractivity contribution in [2.24, 2.45) is 5.92 Å². The topological polar surface area (TPSA) is 41.6 Å². The molecular weight excluding hydrogens is 432 g/mol. The Morgan fingerprint density at radius 3 is 2.57 bits per heavy atom. The first-order valence-electron chi connectivity index (χ1n) is 12.8. The normalized spacial score (nSPS) is 16.5. The number of ether oxygens (including phenoxy) is 1. The summed E-state index contributed by atoms with van der Waals surface area (Å²) in [4.78, 5) is 15.1. The first kappa shape index (κ1) is 25.0. The summed E-state index contributed by atoms with van der Waals surface area (Å²) in [5.74, 6) is 1.24. The van der Waals surface area contributed by atoms with Crippen LogP contribution in [0, 0.1) is 12.8 Å². The molecule has 0 radical (unpaired) electrons. The number of nitrogens with zero attached hydrogens (tertiary/aromatic N) is 1. The molecule has 184 valence electrons. The number of aryl methyl sites for hydroxylation is 1. The van der Waals surface area contributed by atoms with Crippen LogP contribution in [0.25, 0.3) is 0 Å². The summed E-state index contributed by atoms with van der Waals surface area (Å²) < 4.78 is 6.12. The molecule has 1 aliphatic rings. The van der Waals surface area contributed by atoms with Crippen molar-refractivity contribution in [2.45, 2.75) is 59.2 Å². The van der Waals surface area contributed by atoms with E-state index in [1.54, 1.807) is 0 Å². The molecule has 1 aliphatic heterocycles. The summed E-state index contributed by atoms with van der Waals surface area (Å²) in [6, 6.07) is 25.9. The van der Waals surface area contributed by atoms with Crippen LogP contribution in [0.15, 0.2) is 72.8 Å². The molecule has 1 amide bonds. The number of carbonyl (C=O) groups excluding carboxylic acids is 1. The molecule has 4 nitrogen and oxygen atoms in total. The van der Waals surface area contributed by atoms with Crippen molar-refractivity contribution in [3.63, 3.8) is 0 Å². The van der Waals surface area contributed by atoms with Crippen LogP contribution in [0.4, 0.5) is 0 Å². The zero-order valence-corrected chi connectivity index (χ0v) is 21.5. The van der Waals surface area contributed by atoms with Gasteiger partial charge in [0.2, 0.25) is 0 Å². The molecule has 0 aromatic heterocycles. The Bertz CT molecular complexity index is 1130. The van der Waals surface area contributed by atoms with Crippen molar-refractivity contribution in [2.75, 3.05) is 13.1 Å². The molecule has 0 saturated heterocycles. The average molecular weight is 471 g/mol. The number of amides is 1. The van der Waals surface area contributed by atoms with Gasteiger partial charge in [-0.25, -0.2) is 0 Å². The third kappa shape index (κ3) is 6.52. The zero-order valence-electron chi connectivity index (χ0n) is 21.5. The maximum Gasteiger partial charge on any atom is 0.260 e. The van der Waals surface area contributed by atoms with Crippen LogP contribution in [0.3, 0.4) is 0 Å². The summed E-state index contributed by atoms with van der Waals surface area (Å²) in [5, 5.41) is 3.00. The standard InChI is InChI=1S/C31H38N2O2/c1-22(2)15-17-32-31(34)24(4)35-28-14-13-26-16-18-33(21-25-10-8-9-23(3)19-25)30(29(26)20-28)27-11-6-5-7-12-27/h5-14,19-20,22,24,30H,15-18,21H2,1-4H3,(H,32,34)/t24-,30-/m0/s1. The van der Waals surface area contributed by atoms with Gasteiger partial charge in [-0.15, -0.1) is 0 Å². The molecule has 4 heteroatoms. The third-order valence-electron chi connectivity index (χ3n) is 6.73. The molecule has 35 heavy (non-hydrogen) atoms. The molecule has 1 N–H and O–H groups in total. The molecule has 0 bridgehead atoms. The molecule has 3 aromatic carbocycles. The van der Waals surface area contributed by atoms with Crippen LogP contribution in [0.2, 0.25) is 0 Å². The molecule has 4 rings (SSSR count). The van der Waals surface area contributed by atoms with Gasteiger partial charge in [0.1, 0.15) is 5.75 Å². The Morgan fingerprint density at radius 1 is 1.03 bits per heavy atom. The third-order valence-corrected chi connectivity index (χ3v) is 6.73. The highest BCUT2D eigenvalue weighted by Gasteiger charge is 2.29. The molecule has 0 spiro atoms. The molecule has 0 unspecified atom stereocenters. The minimum Gasteiger partial charge on any atom is -0.481 e. The SMILES string of the molecule is Cc1cccc(CN2CCc3ccc(O[C@@H](C)C(=O)NCCC(C)C)cc3[C@@H]2c2ccccc2)c1. The fraction of sp³-hybridized carbons (Fsp3) is 0.387. The lowest BCUT2D eigenvalue weighted by atomic mass is 9.87. The lowest BCUT2D eigenvalue weighted by Crippen LogP contribution is -2.37. The Hall–Kier alpha value is -3.11. The minimum absolute atomic E-state index is 0.0657. The van der Waals surface area contributed by atoms with Gasteiger partial charge in [-0.2, -0.15) is 0 Å². The Balaban J connectivity index is 1.57. The molecular formula is C31H38N2O2.